The first-order chi connectivity index (χ1) is 33.0. The van der Waals surface area contributed by atoms with E-state index in [9.17, 15) is 14.4 Å². The molecule has 1 atom stereocenters. The highest BCUT2D eigenvalue weighted by Crippen LogP contribution is 2.16. The normalized spacial score (nSPS) is 12.2. The average molecular weight is 942 g/mol. The van der Waals surface area contributed by atoms with Crippen LogP contribution < -0.4 is 0 Å². The highest BCUT2D eigenvalue weighted by atomic mass is 16.6. The quantitative estimate of drug-likeness (QED) is 0.0262. The van der Waals surface area contributed by atoms with E-state index in [2.05, 4.69) is 57.2 Å². The van der Waals surface area contributed by atoms with Crippen LogP contribution >= 0.6 is 0 Å². The molecule has 0 amide bonds. The lowest BCUT2D eigenvalue weighted by atomic mass is 10.0. The minimum absolute atomic E-state index is 0.0743. The van der Waals surface area contributed by atoms with Crippen molar-refractivity contribution in [2.45, 2.75) is 322 Å². The summed E-state index contributed by atoms with van der Waals surface area (Å²) < 4.78 is 16.9. The van der Waals surface area contributed by atoms with E-state index < -0.39 is 6.10 Å². The monoisotopic (exact) mass is 941 g/mol. The third kappa shape index (κ3) is 54.4. The maximum Gasteiger partial charge on any atom is 0.306 e. The molecule has 0 radical (unpaired) electrons. The minimum Gasteiger partial charge on any atom is -0.462 e. The van der Waals surface area contributed by atoms with Gasteiger partial charge in [-0.3, -0.25) is 14.4 Å². The van der Waals surface area contributed by atoms with E-state index in [1.54, 1.807) is 0 Å². The highest BCUT2D eigenvalue weighted by molar-refractivity contribution is 5.71. The zero-order valence-corrected chi connectivity index (χ0v) is 44.9. The van der Waals surface area contributed by atoms with Crippen LogP contribution in [0.5, 0.6) is 0 Å². The second kappa shape index (κ2) is 56.2. The van der Waals surface area contributed by atoms with Gasteiger partial charge >= 0.3 is 17.9 Å². The molecule has 0 rings (SSSR count). The molecule has 0 aromatic heterocycles. The predicted molar refractivity (Wildman–Crippen MR) is 289 cm³/mol. The summed E-state index contributed by atoms with van der Waals surface area (Å²) in [5.41, 5.74) is 0. The average Bonchev–Trinajstić information content (AvgIpc) is 3.33. The van der Waals surface area contributed by atoms with E-state index in [1.807, 2.05) is 0 Å². The van der Waals surface area contributed by atoms with Gasteiger partial charge in [0.15, 0.2) is 6.10 Å². The first-order valence-corrected chi connectivity index (χ1v) is 29.5. The van der Waals surface area contributed by atoms with Gasteiger partial charge in [-0.05, 0) is 77.0 Å². The molecule has 0 spiro atoms. The minimum atomic E-state index is -0.777. The summed E-state index contributed by atoms with van der Waals surface area (Å²) in [7, 11) is 0. The third-order valence-corrected chi connectivity index (χ3v) is 13.1. The van der Waals surface area contributed by atoms with Crippen molar-refractivity contribution < 1.29 is 28.6 Å². The predicted octanol–water partition coefficient (Wildman–Crippen LogP) is 19.7. The molecule has 0 heterocycles. The summed E-state index contributed by atoms with van der Waals surface area (Å²) in [6.07, 6.45) is 67.0. The highest BCUT2D eigenvalue weighted by Gasteiger charge is 2.19. The fraction of sp³-hybridized carbons (Fsp3) is 0.852. The van der Waals surface area contributed by atoms with Crippen LogP contribution in [-0.4, -0.2) is 37.2 Å². The van der Waals surface area contributed by atoms with E-state index >= 15 is 0 Å². The lowest BCUT2D eigenvalue weighted by molar-refractivity contribution is -0.167. The van der Waals surface area contributed by atoms with Crippen LogP contribution in [0.4, 0.5) is 0 Å². The Labute approximate surface area is 416 Å². The number of carbonyl (C=O) groups is 3. The molecule has 1 unspecified atom stereocenters. The smallest absolute Gasteiger partial charge is 0.306 e. The van der Waals surface area contributed by atoms with Gasteiger partial charge < -0.3 is 14.2 Å². The maximum absolute atomic E-state index is 12.9. The molecular formula is C61H112O6. The molecular weight excluding hydrogens is 829 g/mol. The van der Waals surface area contributed by atoms with Crippen LogP contribution in [0.15, 0.2) is 36.5 Å². The van der Waals surface area contributed by atoms with E-state index in [0.717, 1.165) is 77.0 Å². The Kier molecular flexibility index (Phi) is 54.2. The fourth-order valence-corrected chi connectivity index (χ4v) is 8.65. The molecule has 0 fully saturated rings. The van der Waals surface area contributed by atoms with Crippen molar-refractivity contribution in [3.05, 3.63) is 36.5 Å². The number of hydrogen-bond acceptors (Lipinski definition) is 6. The Bertz CT molecular complexity index is 1130. The molecule has 0 aromatic carbocycles. The van der Waals surface area contributed by atoms with Crippen molar-refractivity contribution >= 4 is 17.9 Å². The number of esters is 3. The van der Waals surface area contributed by atoms with E-state index in [4.69, 9.17) is 14.2 Å². The van der Waals surface area contributed by atoms with Gasteiger partial charge in [0.2, 0.25) is 0 Å². The van der Waals surface area contributed by atoms with E-state index in [-0.39, 0.29) is 31.1 Å². The lowest BCUT2D eigenvalue weighted by Crippen LogP contribution is -2.30. The number of unbranched alkanes of at least 4 members (excludes halogenated alkanes) is 37. The van der Waals surface area contributed by atoms with Gasteiger partial charge in [-0.15, -0.1) is 0 Å². The molecule has 0 N–H and O–H groups in total. The number of hydrogen-bond donors (Lipinski definition) is 0. The second-order valence-electron chi connectivity index (χ2n) is 19.9. The molecule has 0 aliphatic carbocycles. The van der Waals surface area contributed by atoms with Crippen LogP contribution in [0.1, 0.15) is 316 Å². The SMILES string of the molecule is CCCCC/C=C\C/C=C\CCCCCCCCCC(=O)OCC(COC(=O)CCCCCCCCCCCCCCCCCC)OC(=O)CCCCCCC/C=C\CCCCCCCCC. The lowest BCUT2D eigenvalue weighted by Gasteiger charge is -2.18. The topological polar surface area (TPSA) is 78.9 Å². The standard InChI is InChI=1S/C61H112O6/c1-4-7-10-13-16-19-22-25-28-31-34-36-39-42-45-48-51-54-60(63)66-57-58(67-61(64)55-52-49-46-43-40-37-33-30-27-24-21-18-15-12-9-6-3)56-65-59(62)53-50-47-44-41-38-35-32-29-26-23-20-17-14-11-8-5-2/h16,19,25,28,30,33,58H,4-15,17-18,20-24,26-27,29,31-32,34-57H2,1-3H3/b19-16-,28-25-,33-30-. The van der Waals surface area contributed by atoms with Crippen molar-refractivity contribution in [3.63, 3.8) is 0 Å². The molecule has 0 aliphatic rings. The Hall–Kier alpha value is -2.37. The first kappa shape index (κ1) is 64.6. The van der Waals surface area contributed by atoms with Gasteiger partial charge in [-0.25, -0.2) is 0 Å². The van der Waals surface area contributed by atoms with Crippen LogP contribution in [0.2, 0.25) is 0 Å². The molecule has 392 valence electrons. The molecule has 0 bridgehead atoms. The molecule has 0 saturated heterocycles. The Morgan fingerprint density at radius 3 is 0.866 bits per heavy atom. The van der Waals surface area contributed by atoms with E-state index in [1.165, 1.54) is 199 Å². The third-order valence-electron chi connectivity index (χ3n) is 13.1. The van der Waals surface area contributed by atoms with E-state index in [0.29, 0.717) is 19.3 Å². The Morgan fingerprint density at radius 1 is 0.299 bits per heavy atom. The van der Waals surface area contributed by atoms with Gasteiger partial charge in [0.1, 0.15) is 13.2 Å². The zero-order chi connectivity index (χ0) is 48.6. The maximum atomic E-state index is 12.9. The summed E-state index contributed by atoms with van der Waals surface area (Å²) in [6.45, 7) is 6.64. The number of carbonyl (C=O) groups excluding carboxylic acids is 3. The molecule has 0 aromatic rings. The van der Waals surface area contributed by atoms with Gasteiger partial charge in [0.05, 0.1) is 0 Å². The Morgan fingerprint density at radius 2 is 0.537 bits per heavy atom. The molecule has 6 nitrogen and oxygen atoms in total. The number of ether oxygens (including phenoxy) is 3. The second-order valence-corrected chi connectivity index (χ2v) is 19.9. The van der Waals surface area contributed by atoms with Crippen molar-refractivity contribution in [2.75, 3.05) is 13.2 Å². The summed E-state index contributed by atoms with van der Waals surface area (Å²) >= 11 is 0. The first-order valence-electron chi connectivity index (χ1n) is 29.5. The van der Waals surface area contributed by atoms with Crippen molar-refractivity contribution in [1.29, 1.82) is 0 Å². The van der Waals surface area contributed by atoms with Gasteiger partial charge in [-0.2, -0.15) is 0 Å². The van der Waals surface area contributed by atoms with Gasteiger partial charge in [0.25, 0.3) is 0 Å². The number of allylic oxidation sites excluding steroid dienone is 6. The van der Waals surface area contributed by atoms with Crippen molar-refractivity contribution in [1.82, 2.24) is 0 Å². The van der Waals surface area contributed by atoms with Crippen LogP contribution in [0, 0.1) is 0 Å². The molecule has 0 saturated carbocycles. The molecule has 6 heteroatoms. The molecule has 67 heavy (non-hydrogen) atoms. The van der Waals surface area contributed by atoms with Crippen LogP contribution in [0.3, 0.4) is 0 Å². The van der Waals surface area contributed by atoms with Crippen molar-refractivity contribution in [3.8, 4) is 0 Å². The summed E-state index contributed by atoms with van der Waals surface area (Å²) in [6, 6.07) is 0. The fourth-order valence-electron chi connectivity index (χ4n) is 8.65. The summed E-state index contributed by atoms with van der Waals surface area (Å²) in [5, 5.41) is 0. The number of rotatable bonds is 54. The Balaban J connectivity index is 4.36. The van der Waals surface area contributed by atoms with Crippen molar-refractivity contribution in [2.24, 2.45) is 0 Å². The van der Waals surface area contributed by atoms with Gasteiger partial charge in [0, 0.05) is 19.3 Å². The summed E-state index contributed by atoms with van der Waals surface area (Å²) in [5.74, 6) is -0.872. The van der Waals surface area contributed by atoms with Crippen LogP contribution in [-0.2, 0) is 28.6 Å². The molecule has 0 aliphatic heterocycles. The zero-order valence-electron chi connectivity index (χ0n) is 44.9. The van der Waals surface area contributed by atoms with Gasteiger partial charge in [-0.1, -0.05) is 256 Å². The van der Waals surface area contributed by atoms with Crippen LogP contribution in [0.25, 0.3) is 0 Å². The summed E-state index contributed by atoms with van der Waals surface area (Å²) in [4.78, 5) is 38.2. The largest absolute Gasteiger partial charge is 0.462 e.